The van der Waals surface area contributed by atoms with Gasteiger partial charge in [-0.3, -0.25) is 0 Å². The van der Waals surface area contributed by atoms with Crippen LogP contribution in [0.1, 0.15) is 18.3 Å². The third-order valence-electron chi connectivity index (χ3n) is 1.66. The highest BCUT2D eigenvalue weighted by molar-refractivity contribution is 7.90. The molecule has 0 unspecified atom stereocenters. The van der Waals surface area contributed by atoms with Crippen molar-refractivity contribution in [2.45, 2.75) is 19.6 Å². The van der Waals surface area contributed by atoms with Crippen molar-refractivity contribution in [1.29, 1.82) is 0 Å². The van der Waals surface area contributed by atoms with Crippen molar-refractivity contribution in [2.75, 3.05) is 5.75 Å². The Morgan fingerprint density at radius 2 is 1.85 bits per heavy atom. The van der Waals surface area contributed by atoms with E-state index >= 15 is 0 Å². The smallest absolute Gasteiger partial charge is 0.154 e. The van der Waals surface area contributed by atoms with Crippen LogP contribution in [0.4, 0.5) is 0 Å². The Morgan fingerprint density at radius 3 is 2.31 bits per heavy atom. The van der Waals surface area contributed by atoms with E-state index in [9.17, 15) is 8.42 Å². The summed E-state index contributed by atoms with van der Waals surface area (Å²) in [5.74, 6) is 0.836. The van der Waals surface area contributed by atoms with Crippen LogP contribution in [-0.2, 0) is 15.6 Å². The van der Waals surface area contributed by atoms with E-state index in [1.807, 2.05) is 0 Å². The van der Waals surface area contributed by atoms with Crippen molar-refractivity contribution in [3.8, 4) is 0 Å². The van der Waals surface area contributed by atoms with E-state index in [4.69, 9.17) is 0 Å². The highest BCUT2D eigenvalue weighted by atomic mass is 32.2. The van der Waals surface area contributed by atoms with Crippen LogP contribution < -0.4 is 0 Å². The second kappa shape index (κ2) is 3.83. The first-order valence-electron chi connectivity index (χ1n) is 4.01. The minimum Gasteiger partial charge on any atom is -0.241 e. The Hall–Kier alpha value is -0.970. The van der Waals surface area contributed by atoms with E-state index < -0.39 is 9.84 Å². The Kier molecular flexibility index (Phi) is 2.98. The van der Waals surface area contributed by atoms with Crippen LogP contribution in [0.15, 0.2) is 12.4 Å². The molecule has 0 fully saturated rings. The van der Waals surface area contributed by atoms with Gasteiger partial charge in [0.25, 0.3) is 0 Å². The maximum atomic E-state index is 11.2. The zero-order valence-corrected chi connectivity index (χ0v) is 8.50. The molecular formula is C8H12N2O2S. The number of nitrogens with zero attached hydrogens (tertiary/aromatic N) is 2. The number of hydrogen-bond donors (Lipinski definition) is 0. The van der Waals surface area contributed by atoms with E-state index in [0.717, 1.165) is 0 Å². The topological polar surface area (TPSA) is 59.9 Å². The van der Waals surface area contributed by atoms with Crippen LogP contribution >= 0.6 is 0 Å². The summed E-state index contributed by atoms with van der Waals surface area (Å²) < 4.78 is 22.4. The van der Waals surface area contributed by atoms with Gasteiger partial charge >= 0.3 is 0 Å². The molecule has 0 aromatic carbocycles. The molecule has 0 saturated carbocycles. The lowest BCUT2D eigenvalue weighted by Crippen LogP contribution is -2.07. The summed E-state index contributed by atoms with van der Waals surface area (Å²) in [6.07, 6.45) is 3.10. The van der Waals surface area contributed by atoms with Crippen molar-refractivity contribution in [2.24, 2.45) is 0 Å². The summed E-state index contributed by atoms with van der Waals surface area (Å²) in [5, 5.41) is 0. The van der Waals surface area contributed by atoms with Gasteiger partial charge in [0.2, 0.25) is 0 Å². The molecule has 0 radical (unpaired) electrons. The Labute approximate surface area is 78.0 Å². The van der Waals surface area contributed by atoms with Crippen molar-refractivity contribution in [3.05, 3.63) is 23.8 Å². The first kappa shape index (κ1) is 10.1. The quantitative estimate of drug-likeness (QED) is 0.721. The number of aromatic nitrogens is 2. The fourth-order valence-electron chi connectivity index (χ4n) is 0.850. The molecule has 0 amide bonds. The molecule has 1 rings (SSSR count). The average molecular weight is 200 g/mol. The van der Waals surface area contributed by atoms with Crippen molar-refractivity contribution in [3.63, 3.8) is 0 Å². The fraction of sp³-hybridized carbons (Fsp3) is 0.500. The molecule has 0 saturated heterocycles. The highest BCUT2D eigenvalue weighted by Gasteiger charge is 2.08. The Bertz CT molecular complexity index is 370. The van der Waals surface area contributed by atoms with Crippen LogP contribution in [0.5, 0.6) is 0 Å². The largest absolute Gasteiger partial charge is 0.241 e. The average Bonchev–Trinajstić information content (AvgIpc) is 2.09. The molecule has 0 aliphatic rings. The zero-order chi connectivity index (χ0) is 9.90. The molecule has 13 heavy (non-hydrogen) atoms. The van der Waals surface area contributed by atoms with Gasteiger partial charge in [-0.25, -0.2) is 18.4 Å². The molecule has 1 aromatic rings. The van der Waals surface area contributed by atoms with Crippen LogP contribution in [-0.4, -0.2) is 24.1 Å². The lowest BCUT2D eigenvalue weighted by Gasteiger charge is -2.00. The van der Waals surface area contributed by atoms with E-state index in [2.05, 4.69) is 9.97 Å². The van der Waals surface area contributed by atoms with Crippen molar-refractivity contribution < 1.29 is 8.42 Å². The van der Waals surface area contributed by atoms with Gasteiger partial charge in [-0.2, -0.15) is 0 Å². The highest BCUT2D eigenvalue weighted by Crippen LogP contribution is 2.03. The Morgan fingerprint density at radius 1 is 1.31 bits per heavy atom. The molecule has 1 aromatic heterocycles. The fourth-order valence-corrected chi connectivity index (χ4v) is 1.71. The molecule has 5 heteroatoms. The predicted molar refractivity (Wildman–Crippen MR) is 49.9 cm³/mol. The van der Waals surface area contributed by atoms with Gasteiger partial charge < -0.3 is 0 Å². The van der Waals surface area contributed by atoms with Crippen molar-refractivity contribution >= 4 is 9.84 Å². The minimum atomic E-state index is -2.97. The van der Waals surface area contributed by atoms with Gasteiger partial charge in [0.05, 0.1) is 5.75 Å². The molecule has 0 N–H and O–H groups in total. The van der Waals surface area contributed by atoms with Crippen LogP contribution in [0, 0.1) is 6.92 Å². The molecule has 72 valence electrons. The minimum absolute atomic E-state index is 0.0315. The second-order valence-electron chi connectivity index (χ2n) is 2.82. The number of aryl methyl sites for hydroxylation is 1. The molecule has 1 heterocycles. The normalized spacial score (nSPS) is 11.5. The summed E-state index contributed by atoms with van der Waals surface area (Å²) in [4.78, 5) is 7.84. The maximum absolute atomic E-state index is 11.2. The van der Waals surface area contributed by atoms with Gasteiger partial charge in [-0.15, -0.1) is 0 Å². The van der Waals surface area contributed by atoms with E-state index in [1.54, 1.807) is 26.2 Å². The second-order valence-corrected chi connectivity index (χ2v) is 5.17. The lowest BCUT2D eigenvalue weighted by molar-refractivity contribution is 0.596. The van der Waals surface area contributed by atoms with Crippen LogP contribution in [0.3, 0.4) is 0 Å². The summed E-state index contributed by atoms with van der Waals surface area (Å²) in [6.45, 7) is 3.39. The third-order valence-corrected chi connectivity index (χ3v) is 3.31. The summed E-state index contributed by atoms with van der Waals surface area (Å²) >= 11 is 0. The SMILES string of the molecule is CCS(=O)(=O)Cc1cnc(C)nc1. The van der Waals surface area contributed by atoms with E-state index in [1.165, 1.54) is 0 Å². The summed E-state index contributed by atoms with van der Waals surface area (Å²) in [5.41, 5.74) is 0.646. The molecule has 0 bridgehead atoms. The summed E-state index contributed by atoms with van der Waals surface area (Å²) in [6, 6.07) is 0. The molecule has 0 spiro atoms. The first-order chi connectivity index (χ1) is 6.03. The number of sulfone groups is 1. The van der Waals surface area contributed by atoms with Crippen LogP contribution in [0.2, 0.25) is 0 Å². The van der Waals surface area contributed by atoms with E-state index in [0.29, 0.717) is 11.4 Å². The molecule has 0 aliphatic carbocycles. The van der Waals surface area contributed by atoms with Gasteiger partial charge in [0, 0.05) is 23.7 Å². The predicted octanol–water partition coefficient (Wildman–Crippen LogP) is 0.720. The monoisotopic (exact) mass is 200 g/mol. The Balaban J connectivity index is 2.82. The van der Waals surface area contributed by atoms with E-state index in [-0.39, 0.29) is 11.5 Å². The number of hydrogen-bond acceptors (Lipinski definition) is 4. The van der Waals surface area contributed by atoms with Gasteiger partial charge in [0.15, 0.2) is 9.84 Å². The van der Waals surface area contributed by atoms with Gasteiger partial charge in [-0.1, -0.05) is 6.92 Å². The molecule has 4 nitrogen and oxygen atoms in total. The van der Waals surface area contributed by atoms with Crippen molar-refractivity contribution in [1.82, 2.24) is 9.97 Å². The zero-order valence-electron chi connectivity index (χ0n) is 7.69. The third kappa shape index (κ3) is 3.10. The van der Waals surface area contributed by atoms with Gasteiger partial charge in [0.1, 0.15) is 5.82 Å². The maximum Gasteiger partial charge on any atom is 0.154 e. The molecular weight excluding hydrogens is 188 g/mol. The number of rotatable bonds is 3. The van der Waals surface area contributed by atoms with Gasteiger partial charge in [-0.05, 0) is 6.92 Å². The molecule has 0 aliphatic heterocycles. The standard InChI is InChI=1S/C8H12N2O2S/c1-3-13(11,12)6-8-4-9-7(2)10-5-8/h4-5H,3,6H2,1-2H3. The first-order valence-corrected chi connectivity index (χ1v) is 5.83. The lowest BCUT2D eigenvalue weighted by atomic mass is 10.4. The summed E-state index contributed by atoms with van der Waals surface area (Å²) in [7, 11) is -2.97. The molecule has 0 atom stereocenters. The van der Waals surface area contributed by atoms with Crippen LogP contribution in [0.25, 0.3) is 0 Å².